The van der Waals surface area contributed by atoms with Crippen LogP contribution >= 0.6 is 0 Å². The molecule has 0 fully saturated rings. The SMILES string of the molecule is Cc1ccc(-c2ccc(OCCNC(=O)c3ccc(C(C)(C)C)cc3)nn2)cc1. The summed E-state index contributed by atoms with van der Waals surface area (Å²) < 4.78 is 5.58. The third-order valence-electron chi connectivity index (χ3n) is 4.64. The summed E-state index contributed by atoms with van der Waals surface area (Å²) in [5, 5.41) is 11.2. The Balaban J connectivity index is 1.46. The minimum absolute atomic E-state index is 0.0683. The molecule has 1 amide bonds. The zero-order valence-electron chi connectivity index (χ0n) is 17.4. The molecule has 0 atom stereocenters. The highest BCUT2D eigenvalue weighted by atomic mass is 16.5. The molecule has 0 bridgehead atoms. The van der Waals surface area contributed by atoms with Crippen LogP contribution in [0.15, 0.2) is 60.7 Å². The summed E-state index contributed by atoms with van der Waals surface area (Å²) in [6.45, 7) is 9.21. The maximum atomic E-state index is 12.2. The first kappa shape index (κ1) is 20.5. The van der Waals surface area contributed by atoms with Gasteiger partial charge in [0.15, 0.2) is 0 Å². The summed E-state index contributed by atoms with van der Waals surface area (Å²) in [6, 6.07) is 19.5. The van der Waals surface area contributed by atoms with Crippen molar-refractivity contribution in [1.82, 2.24) is 15.5 Å². The Morgan fingerprint density at radius 2 is 1.62 bits per heavy atom. The van der Waals surface area contributed by atoms with Crippen LogP contribution in [0.5, 0.6) is 5.88 Å². The zero-order chi connectivity index (χ0) is 20.9. The van der Waals surface area contributed by atoms with E-state index in [1.165, 1.54) is 11.1 Å². The van der Waals surface area contributed by atoms with E-state index in [9.17, 15) is 4.79 Å². The van der Waals surface area contributed by atoms with E-state index in [1.54, 1.807) is 6.07 Å². The van der Waals surface area contributed by atoms with Gasteiger partial charge < -0.3 is 10.1 Å². The third kappa shape index (κ3) is 5.64. The number of amides is 1. The molecule has 3 aromatic rings. The van der Waals surface area contributed by atoms with Crippen molar-refractivity contribution in [2.75, 3.05) is 13.2 Å². The van der Waals surface area contributed by atoms with Crippen LogP contribution in [-0.2, 0) is 5.41 Å². The molecule has 5 nitrogen and oxygen atoms in total. The monoisotopic (exact) mass is 389 g/mol. The van der Waals surface area contributed by atoms with Gasteiger partial charge in [-0.15, -0.1) is 10.2 Å². The Labute approximate surface area is 172 Å². The van der Waals surface area contributed by atoms with Crippen molar-refractivity contribution in [2.24, 2.45) is 0 Å². The molecule has 0 aliphatic rings. The maximum Gasteiger partial charge on any atom is 0.251 e. The Kier molecular flexibility index (Phi) is 6.27. The van der Waals surface area contributed by atoms with E-state index >= 15 is 0 Å². The first-order valence-corrected chi connectivity index (χ1v) is 9.75. The minimum Gasteiger partial charge on any atom is -0.475 e. The molecule has 0 aliphatic carbocycles. The van der Waals surface area contributed by atoms with Gasteiger partial charge in [0, 0.05) is 17.2 Å². The highest BCUT2D eigenvalue weighted by Gasteiger charge is 2.14. The van der Waals surface area contributed by atoms with Gasteiger partial charge in [-0.2, -0.15) is 0 Å². The molecule has 29 heavy (non-hydrogen) atoms. The number of carbonyl (C=O) groups is 1. The fourth-order valence-corrected chi connectivity index (χ4v) is 2.82. The number of rotatable bonds is 6. The lowest BCUT2D eigenvalue weighted by atomic mass is 9.87. The van der Waals surface area contributed by atoms with Crippen LogP contribution in [0.25, 0.3) is 11.3 Å². The number of aromatic nitrogens is 2. The number of nitrogens with one attached hydrogen (secondary N) is 1. The summed E-state index contributed by atoms with van der Waals surface area (Å²) >= 11 is 0. The van der Waals surface area contributed by atoms with Crippen molar-refractivity contribution in [3.8, 4) is 17.1 Å². The van der Waals surface area contributed by atoms with E-state index in [0.717, 1.165) is 11.3 Å². The van der Waals surface area contributed by atoms with Crippen molar-refractivity contribution in [2.45, 2.75) is 33.1 Å². The summed E-state index contributed by atoms with van der Waals surface area (Å²) in [5.74, 6) is 0.319. The van der Waals surface area contributed by atoms with Gasteiger partial charge in [0.25, 0.3) is 5.91 Å². The van der Waals surface area contributed by atoms with Crippen molar-refractivity contribution in [1.29, 1.82) is 0 Å². The first-order valence-electron chi connectivity index (χ1n) is 9.75. The van der Waals surface area contributed by atoms with E-state index in [2.05, 4.69) is 36.3 Å². The van der Waals surface area contributed by atoms with Crippen molar-refractivity contribution in [3.63, 3.8) is 0 Å². The zero-order valence-corrected chi connectivity index (χ0v) is 17.4. The van der Waals surface area contributed by atoms with Crippen LogP contribution in [-0.4, -0.2) is 29.3 Å². The lowest BCUT2D eigenvalue weighted by molar-refractivity contribution is 0.0946. The Bertz CT molecular complexity index is 941. The predicted octanol–water partition coefficient (Wildman–Crippen LogP) is 4.56. The second-order valence-corrected chi connectivity index (χ2v) is 8.05. The second-order valence-electron chi connectivity index (χ2n) is 8.05. The van der Waals surface area contributed by atoms with Crippen LogP contribution in [0.2, 0.25) is 0 Å². The highest BCUT2D eigenvalue weighted by molar-refractivity contribution is 5.94. The normalized spacial score (nSPS) is 11.2. The number of carbonyl (C=O) groups excluding carboxylic acids is 1. The average Bonchev–Trinajstić information content (AvgIpc) is 2.71. The molecule has 0 unspecified atom stereocenters. The molecule has 1 aromatic heterocycles. The molecule has 0 saturated carbocycles. The predicted molar refractivity (Wildman–Crippen MR) is 115 cm³/mol. The van der Waals surface area contributed by atoms with Gasteiger partial charge in [-0.3, -0.25) is 4.79 Å². The van der Waals surface area contributed by atoms with Crippen molar-refractivity contribution in [3.05, 3.63) is 77.4 Å². The molecule has 1 heterocycles. The van der Waals surface area contributed by atoms with Gasteiger partial charge in [0.1, 0.15) is 6.61 Å². The van der Waals surface area contributed by atoms with Crippen molar-refractivity contribution >= 4 is 5.91 Å². The Morgan fingerprint density at radius 1 is 0.931 bits per heavy atom. The largest absolute Gasteiger partial charge is 0.475 e. The van der Waals surface area contributed by atoms with Gasteiger partial charge in [0.2, 0.25) is 5.88 Å². The highest BCUT2D eigenvalue weighted by Crippen LogP contribution is 2.22. The lowest BCUT2D eigenvalue weighted by Gasteiger charge is -2.19. The standard InChI is InChI=1S/C24H27N3O2/c1-17-5-7-18(8-6-17)21-13-14-22(27-26-21)29-16-15-25-23(28)19-9-11-20(12-10-19)24(2,3)4/h5-14H,15-16H2,1-4H3,(H,25,28). The topological polar surface area (TPSA) is 64.1 Å². The van der Waals surface area contributed by atoms with Crippen LogP contribution in [0, 0.1) is 6.92 Å². The molecular weight excluding hydrogens is 362 g/mol. The Morgan fingerprint density at radius 3 is 2.21 bits per heavy atom. The summed E-state index contributed by atoms with van der Waals surface area (Å²) in [4.78, 5) is 12.2. The summed E-state index contributed by atoms with van der Waals surface area (Å²) in [6.07, 6.45) is 0. The average molecular weight is 389 g/mol. The number of aryl methyl sites for hydroxylation is 1. The molecule has 1 N–H and O–H groups in total. The van der Waals surface area contributed by atoms with E-state index < -0.39 is 0 Å². The number of benzene rings is 2. The van der Waals surface area contributed by atoms with Gasteiger partial charge in [-0.05, 0) is 36.1 Å². The van der Waals surface area contributed by atoms with Crippen LogP contribution in [0.1, 0.15) is 42.3 Å². The van der Waals surface area contributed by atoms with Crippen LogP contribution in [0.4, 0.5) is 0 Å². The molecule has 2 aromatic carbocycles. The lowest BCUT2D eigenvalue weighted by Crippen LogP contribution is -2.28. The number of ether oxygens (including phenoxy) is 1. The van der Waals surface area contributed by atoms with Crippen LogP contribution in [0.3, 0.4) is 0 Å². The molecule has 0 radical (unpaired) electrons. The maximum absolute atomic E-state index is 12.2. The molecular formula is C24H27N3O2. The molecule has 5 heteroatoms. The molecule has 0 spiro atoms. The third-order valence-corrected chi connectivity index (χ3v) is 4.64. The van der Waals surface area contributed by atoms with Gasteiger partial charge in [-0.1, -0.05) is 62.7 Å². The molecule has 150 valence electrons. The Hall–Kier alpha value is -3.21. The first-order chi connectivity index (χ1) is 13.8. The number of hydrogen-bond acceptors (Lipinski definition) is 4. The van der Waals surface area contributed by atoms with Gasteiger partial charge >= 0.3 is 0 Å². The number of nitrogens with zero attached hydrogens (tertiary/aromatic N) is 2. The van der Waals surface area contributed by atoms with Gasteiger partial charge in [-0.25, -0.2) is 0 Å². The fraction of sp³-hybridized carbons (Fsp3) is 0.292. The minimum atomic E-state index is -0.116. The smallest absolute Gasteiger partial charge is 0.251 e. The quantitative estimate of drug-likeness (QED) is 0.628. The van der Waals surface area contributed by atoms with Crippen molar-refractivity contribution < 1.29 is 9.53 Å². The number of hydrogen-bond donors (Lipinski definition) is 1. The second kappa shape index (κ2) is 8.86. The van der Waals surface area contributed by atoms with E-state index in [4.69, 9.17) is 4.74 Å². The summed E-state index contributed by atoms with van der Waals surface area (Å²) in [5.41, 5.74) is 4.92. The summed E-state index contributed by atoms with van der Waals surface area (Å²) in [7, 11) is 0. The molecule has 3 rings (SSSR count). The molecule has 0 aliphatic heterocycles. The molecule has 0 saturated heterocycles. The van der Waals surface area contributed by atoms with Gasteiger partial charge in [0.05, 0.1) is 12.2 Å². The fourth-order valence-electron chi connectivity index (χ4n) is 2.82. The van der Waals surface area contributed by atoms with E-state index in [1.807, 2.05) is 61.5 Å². The van der Waals surface area contributed by atoms with E-state index in [-0.39, 0.29) is 11.3 Å². The van der Waals surface area contributed by atoms with E-state index in [0.29, 0.717) is 24.6 Å². The van der Waals surface area contributed by atoms with Crippen LogP contribution < -0.4 is 10.1 Å².